The van der Waals surface area contributed by atoms with E-state index in [9.17, 15) is 4.79 Å². The molecular formula is C17H26N2OS. The molecule has 4 heteroatoms. The predicted octanol–water partition coefficient (Wildman–Crippen LogP) is 3.16. The van der Waals surface area contributed by atoms with E-state index in [1.807, 2.05) is 0 Å². The van der Waals surface area contributed by atoms with Gasteiger partial charge in [-0.3, -0.25) is 9.69 Å². The standard InChI is InChI=1S/C17H26N2OS/c1-14-6-2-3-10-19(14)15-12-18(13-15)17(20)9-4-7-16-8-5-11-21-16/h5,8,11,14-15H,2-4,6-7,9-10,12-13H2,1H3/t14-/m1/s1. The zero-order valence-electron chi connectivity index (χ0n) is 13.0. The topological polar surface area (TPSA) is 23.6 Å². The Morgan fingerprint density at radius 1 is 1.38 bits per heavy atom. The lowest BCUT2D eigenvalue weighted by Crippen LogP contribution is -2.63. The highest BCUT2D eigenvalue weighted by atomic mass is 32.1. The summed E-state index contributed by atoms with van der Waals surface area (Å²) in [6.07, 6.45) is 6.77. The van der Waals surface area contributed by atoms with Crippen molar-refractivity contribution in [1.29, 1.82) is 0 Å². The van der Waals surface area contributed by atoms with Crippen molar-refractivity contribution in [3.63, 3.8) is 0 Å². The Bertz CT molecular complexity index is 453. The van der Waals surface area contributed by atoms with Crippen LogP contribution in [-0.4, -0.2) is 47.4 Å². The molecule has 0 aromatic carbocycles. The zero-order chi connectivity index (χ0) is 14.7. The molecule has 3 heterocycles. The lowest BCUT2D eigenvalue weighted by Gasteiger charge is -2.49. The minimum Gasteiger partial charge on any atom is -0.339 e. The van der Waals surface area contributed by atoms with Crippen LogP contribution in [0.1, 0.15) is 43.9 Å². The predicted molar refractivity (Wildman–Crippen MR) is 87.6 cm³/mol. The molecule has 0 saturated carbocycles. The molecule has 2 saturated heterocycles. The van der Waals surface area contributed by atoms with Crippen LogP contribution in [0.2, 0.25) is 0 Å². The van der Waals surface area contributed by atoms with E-state index >= 15 is 0 Å². The van der Waals surface area contributed by atoms with Gasteiger partial charge in [0.05, 0.1) is 0 Å². The van der Waals surface area contributed by atoms with Gasteiger partial charge in [-0.2, -0.15) is 0 Å². The van der Waals surface area contributed by atoms with Gasteiger partial charge >= 0.3 is 0 Å². The lowest BCUT2D eigenvalue weighted by molar-refractivity contribution is -0.139. The number of likely N-dealkylation sites (tertiary alicyclic amines) is 2. The second-order valence-corrected chi connectivity index (χ2v) is 7.50. The van der Waals surface area contributed by atoms with Gasteiger partial charge in [-0.25, -0.2) is 0 Å². The third kappa shape index (κ3) is 3.67. The van der Waals surface area contributed by atoms with Gasteiger partial charge in [-0.1, -0.05) is 12.5 Å². The molecule has 0 bridgehead atoms. The van der Waals surface area contributed by atoms with E-state index in [-0.39, 0.29) is 0 Å². The summed E-state index contributed by atoms with van der Waals surface area (Å²) in [7, 11) is 0. The molecule has 3 rings (SSSR count). The number of carbonyl (C=O) groups excluding carboxylic acids is 1. The monoisotopic (exact) mass is 306 g/mol. The van der Waals surface area contributed by atoms with Crippen molar-refractivity contribution in [2.75, 3.05) is 19.6 Å². The SMILES string of the molecule is C[C@@H]1CCCCN1C1CN(C(=O)CCCc2cccs2)C1. The smallest absolute Gasteiger partial charge is 0.222 e. The Labute approximate surface area is 131 Å². The molecule has 0 unspecified atom stereocenters. The van der Waals surface area contributed by atoms with Gasteiger partial charge < -0.3 is 4.90 Å². The molecule has 0 aliphatic carbocycles. The van der Waals surface area contributed by atoms with E-state index in [0.717, 1.165) is 25.9 Å². The Morgan fingerprint density at radius 3 is 2.95 bits per heavy atom. The third-order valence-electron chi connectivity index (χ3n) is 4.93. The number of hydrogen-bond donors (Lipinski definition) is 0. The molecule has 2 aliphatic rings. The van der Waals surface area contributed by atoms with Crippen LogP contribution in [-0.2, 0) is 11.2 Å². The Kier molecular flexibility index (Phi) is 4.96. The number of thiophene rings is 1. The first-order valence-electron chi connectivity index (χ1n) is 8.30. The average molecular weight is 306 g/mol. The molecule has 1 atom stereocenters. The van der Waals surface area contributed by atoms with Crippen molar-refractivity contribution in [2.24, 2.45) is 0 Å². The first-order valence-corrected chi connectivity index (χ1v) is 9.18. The molecule has 0 N–H and O–H groups in total. The lowest BCUT2D eigenvalue weighted by atomic mass is 9.97. The molecule has 0 spiro atoms. The van der Waals surface area contributed by atoms with Crippen LogP contribution >= 0.6 is 11.3 Å². The number of amides is 1. The quantitative estimate of drug-likeness (QED) is 0.834. The number of hydrogen-bond acceptors (Lipinski definition) is 3. The van der Waals surface area contributed by atoms with E-state index in [2.05, 4.69) is 34.2 Å². The van der Waals surface area contributed by atoms with Crippen LogP contribution in [0.4, 0.5) is 0 Å². The maximum Gasteiger partial charge on any atom is 0.222 e. The fourth-order valence-corrected chi connectivity index (χ4v) is 4.31. The molecule has 21 heavy (non-hydrogen) atoms. The summed E-state index contributed by atoms with van der Waals surface area (Å²) in [5, 5.41) is 2.11. The minimum absolute atomic E-state index is 0.354. The maximum atomic E-state index is 12.2. The first kappa shape index (κ1) is 15.0. The summed E-state index contributed by atoms with van der Waals surface area (Å²) in [5.74, 6) is 0.354. The van der Waals surface area contributed by atoms with Crippen LogP contribution in [0.5, 0.6) is 0 Å². The average Bonchev–Trinajstić information content (AvgIpc) is 2.92. The molecular weight excluding hydrogens is 280 g/mol. The summed E-state index contributed by atoms with van der Waals surface area (Å²) in [6.45, 7) is 5.49. The van der Waals surface area contributed by atoms with Gasteiger partial charge in [0.15, 0.2) is 0 Å². The maximum absolute atomic E-state index is 12.2. The normalized spacial score (nSPS) is 24.0. The zero-order valence-corrected chi connectivity index (χ0v) is 13.8. The van der Waals surface area contributed by atoms with Crippen LogP contribution in [0.25, 0.3) is 0 Å². The minimum atomic E-state index is 0.354. The molecule has 1 amide bonds. The summed E-state index contributed by atoms with van der Waals surface area (Å²) in [5.41, 5.74) is 0. The summed E-state index contributed by atoms with van der Waals surface area (Å²) in [6, 6.07) is 5.58. The Morgan fingerprint density at radius 2 is 2.24 bits per heavy atom. The fraction of sp³-hybridized carbons (Fsp3) is 0.706. The number of aryl methyl sites for hydroxylation is 1. The number of rotatable bonds is 5. The molecule has 2 fully saturated rings. The second-order valence-electron chi connectivity index (χ2n) is 6.47. The van der Waals surface area contributed by atoms with Crippen LogP contribution in [0.3, 0.4) is 0 Å². The second kappa shape index (κ2) is 6.93. The highest BCUT2D eigenvalue weighted by Crippen LogP contribution is 2.25. The molecule has 1 aromatic heterocycles. The van der Waals surface area contributed by atoms with Crippen molar-refractivity contribution >= 4 is 17.2 Å². The summed E-state index contributed by atoms with van der Waals surface area (Å²) in [4.78, 5) is 18.2. The van der Waals surface area contributed by atoms with Crippen molar-refractivity contribution in [3.05, 3.63) is 22.4 Å². The first-order chi connectivity index (χ1) is 10.2. The van der Waals surface area contributed by atoms with Crippen LogP contribution < -0.4 is 0 Å². The van der Waals surface area contributed by atoms with Gasteiger partial charge in [0.2, 0.25) is 5.91 Å². The highest BCUT2D eigenvalue weighted by Gasteiger charge is 2.36. The summed E-state index contributed by atoms with van der Waals surface area (Å²) >= 11 is 1.79. The van der Waals surface area contributed by atoms with E-state index < -0.39 is 0 Å². The van der Waals surface area contributed by atoms with Gasteiger partial charge in [0.25, 0.3) is 0 Å². The Hall–Kier alpha value is -0.870. The van der Waals surface area contributed by atoms with Gasteiger partial charge in [0.1, 0.15) is 0 Å². The van der Waals surface area contributed by atoms with Crippen LogP contribution in [0.15, 0.2) is 17.5 Å². The van der Waals surface area contributed by atoms with E-state index in [4.69, 9.17) is 0 Å². The van der Waals surface area contributed by atoms with E-state index in [1.54, 1.807) is 11.3 Å². The third-order valence-corrected chi connectivity index (χ3v) is 5.87. The van der Waals surface area contributed by atoms with Crippen molar-refractivity contribution in [3.8, 4) is 0 Å². The largest absolute Gasteiger partial charge is 0.339 e. The van der Waals surface area contributed by atoms with E-state index in [1.165, 1.54) is 30.7 Å². The van der Waals surface area contributed by atoms with Crippen molar-refractivity contribution < 1.29 is 4.79 Å². The molecule has 1 aromatic rings. The van der Waals surface area contributed by atoms with Crippen LogP contribution in [0, 0.1) is 0 Å². The van der Waals surface area contributed by atoms with E-state index in [0.29, 0.717) is 24.4 Å². The number of piperidine rings is 1. The van der Waals surface area contributed by atoms with Gasteiger partial charge in [-0.15, -0.1) is 11.3 Å². The highest BCUT2D eigenvalue weighted by molar-refractivity contribution is 7.09. The number of nitrogens with zero attached hydrogens (tertiary/aromatic N) is 2. The fourth-order valence-electron chi connectivity index (χ4n) is 3.56. The van der Waals surface area contributed by atoms with Gasteiger partial charge in [0, 0.05) is 36.5 Å². The summed E-state index contributed by atoms with van der Waals surface area (Å²) < 4.78 is 0. The van der Waals surface area contributed by atoms with Gasteiger partial charge in [-0.05, 0) is 50.6 Å². The molecule has 2 aliphatic heterocycles. The molecule has 3 nitrogen and oxygen atoms in total. The molecule has 0 radical (unpaired) electrons. The number of carbonyl (C=O) groups is 1. The Balaban J connectivity index is 1.36. The van der Waals surface area contributed by atoms with Crippen molar-refractivity contribution in [2.45, 2.75) is 57.5 Å². The van der Waals surface area contributed by atoms with Crippen molar-refractivity contribution in [1.82, 2.24) is 9.80 Å². The molecule has 116 valence electrons.